The minimum absolute atomic E-state index is 0.135. The highest BCUT2D eigenvalue weighted by Gasteiger charge is 2.30. The number of aromatic nitrogens is 3. The molecule has 0 saturated heterocycles. The molecule has 4 nitrogen and oxygen atoms in total. The van der Waals surface area contributed by atoms with Crippen LogP contribution in [0.15, 0.2) is 164 Å². The Bertz CT molecular complexity index is 3630. The Balaban J connectivity index is 1.36. The summed E-state index contributed by atoms with van der Waals surface area (Å²) >= 11 is 0. The predicted molar refractivity (Wildman–Crippen MR) is 279 cm³/mol. The van der Waals surface area contributed by atoms with Gasteiger partial charge in [-0.3, -0.25) is 9.55 Å². The zero-order valence-corrected chi connectivity index (χ0v) is 39.1. The quantitative estimate of drug-likeness (QED) is 0.174. The van der Waals surface area contributed by atoms with Gasteiger partial charge < -0.3 is 5.11 Å². The van der Waals surface area contributed by atoms with Gasteiger partial charge in [-0.25, -0.2) is 4.98 Å². The summed E-state index contributed by atoms with van der Waals surface area (Å²) in [5.41, 5.74) is 9.91. The Labute approximate surface area is 404 Å². The zero-order chi connectivity index (χ0) is 54.3. The highest BCUT2D eigenvalue weighted by atomic mass is 16.3. The van der Waals surface area contributed by atoms with Gasteiger partial charge in [-0.2, -0.15) is 0 Å². The Morgan fingerprint density at radius 1 is 0.530 bits per heavy atom. The number of imidazole rings is 1. The first-order valence-electron chi connectivity index (χ1n) is 27.0. The molecule has 2 aromatic heterocycles. The molecule has 2 heterocycles. The number of phenols is 1. The Morgan fingerprint density at radius 3 is 1.80 bits per heavy atom. The summed E-state index contributed by atoms with van der Waals surface area (Å²) in [6.45, 7) is 13.5. The van der Waals surface area contributed by atoms with Gasteiger partial charge in [0.15, 0.2) is 0 Å². The molecule has 0 aliphatic carbocycles. The van der Waals surface area contributed by atoms with E-state index < -0.39 is 48.4 Å². The van der Waals surface area contributed by atoms with Crippen LogP contribution in [0.3, 0.4) is 0 Å². The first-order valence-corrected chi connectivity index (χ1v) is 22.5. The Kier molecular flexibility index (Phi) is 8.71. The average molecular weight is 873 g/mol. The molecular formula is C62H61N3O. The number of nitrogens with zero attached hydrogens (tertiary/aromatic N) is 3. The lowest BCUT2D eigenvalue weighted by atomic mass is 9.78. The van der Waals surface area contributed by atoms with Crippen molar-refractivity contribution in [3.8, 4) is 78.6 Å². The lowest BCUT2D eigenvalue weighted by molar-refractivity contribution is 0.446. The number of fused-ring (bicyclic) bond motifs is 1. The van der Waals surface area contributed by atoms with Crippen LogP contribution >= 0.6 is 0 Å². The summed E-state index contributed by atoms with van der Waals surface area (Å²) in [7, 11) is 0. The molecule has 0 amide bonds. The fraction of sp³-hybridized carbons (Fsp3) is 0.226. The van der Waals surface area contributed by atoms with Gasteiger partial charge in [0.25, 0.3) is 0 Å². The standard InChI is InChI=1S/C62H61N3O/c1-39-20-18-21-40(2)56(39)44-30-31-63-53(36-44)47-33-45(42-24-16-13-17-25-42)32-46(34-47)49-26-19-27-55-57(49)64-59(50-37-48(60(3,4)5)38-52(58(50)66)62(9,10)11)65(55)54-29-28-43(35-51(54)61(6,7)8)41-22-14-12-15-23-41/h12-38,66H,1-11H3/i1D3,2D3,18D,20D,21D. The van der Waals surface area contributed by atoms with Gasteiger partial charge in [0.1, 0.15) is 11.6 Å². The van der Waals surface area contributed by atoms with Crippen LogP contribution in [0.5, 0.6) is 5.75 Å². The Morgan fingerprint density at radius 2 is 1.17 bits per heavy atom. The molecule has 0 aliphatic heterocycles. The molecule has 9 rings (SSSR count). The van der Waals surface area contributed by atoms with Crippen molar-refractivity contribution >= 4 is 11.0 Å². The lowest BCUT2D eigenvalue weighted by Crippen LogP contribution is -2.18. The van der Waals surface area contributed by atoms with E-state index >= 15 is 0 Å². The van der Waals surface area contributed by atoms with Gasteiger partial charge in [-0.15, -0.1) is 0 Å². The normalized spacial score (nSPS) is 14.6. The first-order chi connectivity index (χ1) is 35.0. The van der Waals surface area contributed by atoms with Gasteiger partial charge in [-0.05, 0) is 146 Å². The van der Waals surface area contributed by atoms with Crippen LogP contribution in [0.25, 0.3) is 83.9 Å². The van der Waals surface area contributed by atoms with Crippen LogP contribution in [0.4, 0.5) is 0 Å². The molecule has 7 aromatic carbocycles. The second kappa shape index (κ2) is 16.7. The molecule has 1 N–H and O–H groups in total. The van der Waals surface area contributed by atoms with E-state index in [0.29, 0.717) is 28.2 Å². The van der Waals surface area contributed by atoms with Crippen molar-refractivity contribution in [3.05, 3.63) is 192 Å². The highest BCUT2D eigenvalue weighted by Crippen LogP contribution is 2.46. The number of hydrogen-bond acceptors (Lipinski definition) is 3. The number of benzene rings is 7. The van der Waals surface area contributed by atoms with Crippen molar-refractivity contribution in [2.45, 2.75) is 92.3 Å². The van der Waals surface area contributed by atoms with Crippen LogP contribution in [0, 0.1) is 13.7 Å². The van der Waals surface area contributed by atoms with Crippen molar-refractivity contribution in [2.75, 3.05) is 0 Å². The fourth-order valence-corrected chi connectivity index (χ4v) is 8.88. The van der Waals surface area contributed by atoms with Crippen molar-refractivity contribution in [3.63, 3.8) is 0 Å². The lowest BCUT2D eigenvalue weighted by Gasteiger charge is -2.28. The smallest absolute Gasteiger partial charge is 0.149 e. The van der Waals surface area contributed by atoms with E-state index in [2.05, 4.69) is 121 Å². The second-order valence-electron chi connectivity index (χ2n) is 20.3. The van der Waals surface area contributed by atoms with Gasteiger partial charge in [0.2, 0.25) is 0 Å². The van der Waals surface area contributed by atoms with E-state index in [1.165, 1.54) is 12.3 Å². The third-order valence-corrected chi connectivity index (χ3v) is 12.4. The van der Waals surface area contributed by atoms with Crippen molar-refractivity contribution in [2.24, 2.45) is 0 Å². The maximum atomic E-state index is 12.6. The van der Waals surface area contributed by atoms with Gasteiger partial charge in [0, 0.05) is 31.1 Å². The molecule has 0 atom stereocenters. The number of pyridine rings is 1. The number of hydrogen-bond donors (Lipinski definition) is 1. The van der Waals surface area contributed by atoms with E-state index in [-0.39, 0.29) is 27.7 Å². The fourth-order valence-electron chi connectivity index (χ4n) is 8.88. The molecule has 0 radical (unpaired) electrons. The molecule has 4 heteroatoms. The summed E-state index contributed by atoms with van der Waals surface area (Å²) in [5.74, 6) is 0.719. The molecule has 9 aromatic rings. The first kappa shape index (κ1) is 34.3. The number of para-hydroxylation sites is 1. The van der Waals surface area contributed by atoms with Crippen LogP contribution in [0.2, 0.25) is 0 Å². The summed E-state index contributed by atoms with van der Waals surface area (Å²) in [4.78, 5) is 10.4. The number of aromatic hydroxyl groups is 1. The number of rotatable bonds is 7. The highest BCUT2D eigenvalue weighted by molar-refractivity contribution is 5.98. The van der Waals surface area contributed by atoms with E-state index in [1.807, 2.05) is 72.8 Å². The molecule has 0 spiro atoms. The summed E-state index contributed by atoms with van der Waals surface area (Å²) in [5, 5.41) is 12.6. The van der Waals surface area contributed by atoms with E-state index in [0.717, 1.165) is 61.3 Å². The minimum Gasteiger partial charge on any atom is -0.507 e. The molecule has 0 bridgehead atoms. The van der Waals surface area contributed by atoms with Crippen LogP contribution in [0.1, 0.15) is 102 Å². The summed E-state index contributed by atoms with van der Waals surface area (Å²) in [6.07, 6.45) is 1.46. The van der Waals surface area contributed by atoms with Crippen molar-refractivity contribution in [1.82, 2.24) is 14.5 Å². The molecule has 0 saturated carbocycles. The molecule has 0 unspecified atom stereocenters. The molecule has 0 aliphatic rings. The predicted octanol–water partition coefficient (Wildman–Crippen LogP) is 16.6. The van der Waals surface area contributed by atoms with Crippen LogP contribution < -0.4 is 0 Å². The largest absolute Gasteiger partial charge is 0.507 e. The van der Waals surface area contributed by atoms with E-state index in [9.17, 15) is 5.11 Å². The third kappa shape index (κ3) is 8.37. The van der Waals surface area contributed by atoms with Gasteiger partial charge >= 0.3 is 0 Å². The van der Waals surface area contributed by atoms with Crippen LogP contribution in [-0.4, -0.2) is 19.6 Å². The van der Waals surface area contributed by atoms with Crippen molar-refractivity contribution in [1.29, 1.82) is 0 Å². The molecular weight excluding hydrogens is 803 g/mol. The minimum atomic E-state index is -2.99. The SMILES string of the molecule is [2H]c1c([2H])c(C([2H])([2H])[2H])c(-c2ccnc(-c3cc(-c4ccccc4)cc(-c4cccc5c4nc(-c4cc(C(C)(C)C)cc(C(C)(C)C)c4O)n5-c4ccc(-c5ccccc5)cc4C(C)(C)C)c3)c2)c(C([2H])([2H])[2H])c1[2H]. The van der Waals surface area contributed by atoms with E-state index in [1.54, 1.807) is 6.07 Å². The monoisotopic (exact) mass is 873 g/mol. The average Bonchev–Trinajstić information content (AvgIpc) is 3.73. The number of phenolic OH excluding ortho intramolecular Hbond substituents is 1. The van der Waals surface area contributed by atoms with Gasteiger partial charge in [0.05, 0.1) is 32.1 Å². The Hall–Kier alpha value is -7.04. The third-order valence-electron chi connectivity index (χ3n) is 12.4. The maximum absolute atomic E-state index is 12.6. The molecule has 330 valence electrons. The summed E-state index contributed by atoms with van der Waals surface area (Å²) in [6, 6.07) is 43.9. The zero-order valence-electron chi connectivity index (χ0n) is 48.1. The molecule has 0 fully saturated rings. The van der Waals surface area contributed by atoms with Gasteiger partial charge in [-0.1, -0.05) is 165 Å². The van der Waals surface area contributed by atoms with Crippen LogP contribution in [-0.2, 0) is 16.2 Å². The van der Waals surface area contributed by atoms with E-state index in [4.69, 9.17) is 22.3 Å². The topological polar surface area (TPSA) is 50.9 Å². The molecule has 66 heavy (non-hydrogen) atoms. The van der Waals surface area contributed by atoms with Crippen molar-refractivity contribution < 1.29 is 17.4 Å². The summed E-state index contributed by atoms with van der Waals surface area (Å²) < 4.78 is 78.8. The maximum Gasteiger partial charge on any atom is 0.149 e. The second-order valence-corrected chi connectivity index (χ2v) is 20.3.